The standard InChI is InChI=1S/C18H18N6O/c1-4-24-15-8-6-5-7-14(15)22-17(24)13(9-19)16-11(2)10-20-18(23-16)21-12(3)25/h5-8,10,22H,4H2,1-3H3,(H,20,21,23,25)/b17-13+. The maximum atomic E-state index is 11.3. The number of anilines is 3. The van der Waals surface area contributed by atoms with Crippen molar-refractivity contribution in [1.82, 2.24) is 9.97 Å². The first kappa shape index (κ1) is 16.5. The molecule has 0 atom stereocenters. The smallest absolute Gasteiger partial charge is 0.229 e. The molecule has 1 aliphatic rings. The van der Waals surface area contributed by atoms with E-state index in [-0.39, 0.29) is 11.9 Å². The number of para-hydroxylation sites is 2. The number of aromatic nitrogens is 2. The summed E-state index contributed by atoms with van der Waals surface area (Å²) in [6, 6.07) is 10.1. The molecule has 0 radical (unpaired) electrons. The number of nitrogens with zero attached hydrogens (tertiary/aromatic N) is 4. The Labute approximate surface area is 146 Å². The molecular weight excluding hydrogens is 316 g/mol. The molecule has 1 aliphatic heterocycles. The van der Waals surface area contributed by atoms with Crippen molar-refractivity contribution < 1.29 is 4.79 Å². The van der Waals surface area contributed by atoms with Crippen LogP contribution in [-0.2, 0) is 4.79 Å². The van der Waals surface area contributed by atoms with Crippen LogP contribution >= 0.6 is 0 Å². The molecule has 0 saturated carbocycles. The second-order valence-electron chi connectivity index (χ2n) is 5.63. The van der Waals surface area contributed by atoms with Gasteiger partial charge in [-0.2, -0.15) is 5.26 Å². The Balaban J connectivity index is 2.13. The number of aryl methyl sites for hydroxylation is 1. The van der Waals surface area contributed by atoms with E-state index >= 15 is 0 Å². The van der Waals surface area contributed by atoms with Crippen molar-refractivity contribution in [1.29, 1.82) is 5.26 Å². The van der Waals surface area contributed by atoms with E-state index in [1.54, 1.807) is 6.20 Å². The summed E-state index contributed by atoms with van der Waals surface area (Å²) in [7, 11) is 0. The Kier molecular flexibility index (Phi) is 4.35. The Morgan fingerprint density at radius 3 is 2.84 bits per heavy atom. The van der Waals surface area contributed by atoms with Gasteiger partial charge in [0.1, 0.15) is 17.5 Å². The van der Waals surface area contributed by atoms with Gasteiger partial charge in [0.25, 0.3) is 0 Å². The molecule has 0 spiro atoms. The summed E-state index contributed by atoms with van der Waals surface area (Å²) >= 11 is 0. The van der Waals surface area contributed by atoms with Gasteiger partial charge in [0, 0.05) is 19.7 Å². The zero-order valence-electron chi connectivity index (χ0n) is 14.3. The van der Waals surface area contributed by atoms with Gasteiger partial charge in [0.2, 0.25) is 11.9 Å². The molecule has 2 heterocycles. The maximum Gasteiger partial charge on any atom is 0.229 e. The number of amides is 1. The van der Waals surface area contributed by atoms with Gasteiger partial charge < -0.3 is 10.2 Å². The molecule has 0 bridgehead atoms. The Morgan fingerprint density at radius 2 is 2.16 bits per heavy atom. The normalized spacial score (nSPS) is 14.4. The van der Waals surface area contributed by atoms with E-state index in [1.807, 2.05) is 43.0 Å². The number of benzene rings is 1. The second-order valence-corrected chi connectivity index (χ2v) is 5.63. The molecule has 1 aromatic heterocycles. The minimum Gasteiger partial charge on any atom is -0.339 e. The summed E-state index contributed by atoms with van der Waals surface area (Å²) in [6.07, 6.45) is 1.60. The molecule has 3 rings (SSSR count). The number of hydrogen-bond donors (Lipinski definition) is 2. The maximum absolute atomic E-state index is 11.3. The fraction of sp³-hybridized carbons (Fsp3) is 0.222. The van der Waals surface area contributed by atoms with Gasteiger partial charge in [-0.15, -0.1) is 0 Å². The summed E-state index contributed by atoms with van der Waals surface area (Å²) < 4.78 is 0. The molecule has 7 heteroatoms. The third-order valence-corrected chi connectivity index (χ3v) is 3.88. The van der Waals surface area contributed by atoms with Crippen LogP contribution < -0.4 is 15.5 Å². The number of carbonyl (C=O) groups excluding carboxylic acids is 1. The Morgan fingerprint density at radius 1 is 1.40 bits per heavy atom. The molecule has 1 amide bonds. The summed E-state index contributed by atoms with van der Waals surface area (Å²) in [5.74, 6) is 0.601. The van der Waals surface area contributed by atoms with E-state index < -0.39 is 0 Å². The lowest BCUT2D eigenvalue weighted by atomic mass is 10.1. The molecular formula is C18H18N6O. The topological polar surface area (TPSA) is 93.9 Å². The zero-order chi connectivity index (χ0) is 18.0. The third kappa shape index (κ3) is 3.02. The first-order chi connectivity index (χ1) is 12.0. The van der Waals surface area contributed by atoms with Crippen LogP contribution in [0.1, 0.15) is 25.1 Å². The van der Waals surface area contributed by atoms with Crippen molar-refractivity contribution in [3.8, 4) is 6.07 Å². The van der Waals surface area contributed by atoms with Crippen molar-refractivity contribution in [2.75, 3.05) is 22.1 Å². The molecule has 0 unspecified atom stereocenters. The highest BCUT2D eigenvalue weighted by atomic mass is 16.1. The van der Waals surface area contributed by atoms with E-state index in [4.69, 9.17) is 0 Å². The molecule has 1 aromatic carbocycles. The van der Waals surface area contributed by atoms with Gasteiger partial charge in [-0.05, 0) is 31.5 Å². The minimum atomic E-state index is -0.262. The van der Waals surface area contributed by atoms with Crippen molar-refractivity contribution in [3.05, 3.63) is 47.5 Å². The molecule has 0 aliphatic carbocycles. The van der Waals surface area contributed by atoms with Crippen LogP contribution in [0, 0.1) is 18.3 Å². The summed E-state index contributed by atoms with van der Waals surface area (Å²) in [6.45, 7) is 5.95. The molecule has 0 saturated heterocycles. The van der Waals surface area contributed by atoms with Crippen molar-refractivity contribution in [2.24, 2.45) is 0 Å². The van der Waals surface area contributed by atoms with E-state index in [0.717, 1.165) is 16.9 Å². The van der Waals surface area contributed by atoms with Crippen LogP contribution in [0.4, 0.5) is 17.3 Å². The average molecular weight is 334 g/mol. The van der Waals surface area contributed by atoms with Gasteiger partial charge in [-0.3, -0.25) is 10.1 Å². The number of rotatable bonds is 3. The van der Waals surface area contributed by atoms with Crippen LogP contribution in [0.25, 0.3) is 5.57 Å². The first-order valence-corrected chi connectivity index (χ1v) is 7.94. The number of carbonyl (C=O) groups is 1. The van der Waals surface area contributed by atoms with Gasteiger partial charge in [0.05, 0.1) is 17.1 Å². The van der Waals surface area contributed by atoms with Crippen LogP contribution in [0.15, 0.2) is 36.3 Å². The highest BCUT2D eigenvalue weighted by Crippen LogP contribution is 2.38. The van der Waals surface area contributed by atoms with Gasteiger partial charge in [-0.1, -0.05) is 12.1 Å². The highest BCUT2D eigenvalue weighted by molar-refractivity contribution is 5.92. The van der Waals surface area contributed by atoms with E-state index in [2.05, 4.69) is 26.7 Å². The number of allylic oxidation sites excluding steroid dienone is 1. The van der Waals surface area contributed by atoms with Gasteiger partial charge in [0.15, 0.2) is 0 Å². The first-order valence-electron chi connectivity index (χ1n) is 7.94. The third-order valence-electron chi connectivity index (χ3n) is 3.88. The SMILES string of the molecule is CCN1/C(=C(\C#N)c2nc(NC(C)=O)ncc2C)Nc2ccccc21. The van der Waals surface area contributed by atoms with Crippen molar-refractivity contribution in [3.63, 3.8) is 0 Å². The molecule has 2 N–H and O–H groups in total. The van der Waals surface area contributed by atoms with Crippen molar-refractivity contribution >= 4 is 28.8 Å². The lowest BCUT2D eigenvalue weighted by molar-refractivity contribution is -0.114. The summed E-state index contributed by atoms with van der Waals surface area (Å²) in [5, 5.41) is 15.7. The lowest BCUT2D eigenvalue weighted by Gasteiger charge is -2.19. The molecule has 0 fully saturated rings. The van der Waals surface area contributed by atoms with E-state index in [1.165, 1.54) is 6.92 Å². The largest absolute Gasteiger partial charge is 0.339 e. The van der Waals surface area contributed by atoms with Crippen LogP contribution in [0.3, 0.4) is 0 Å². The predicted molar refractivity (Wildman–Crippen MR) is 96.7 cm³/mol. The predicted octanol–water partition coefficient (Wildman–Crippen LogP) is 2.89. The summed E-state index contributed by atoms with van der Waals surface area (Å²) in [4.78, 5) is 21.8. The molecule has 2 aromatic rings. The minimum absolute atomic E-state index is 0.181. The van der Waals surface area contributed by atoms with Crippen LogP contribution in [0.2, 0.25) is 0 Å². The van der Waals surface area contributed by atoms with E-state index in [9.17, 15) is 10.1 Å². The Bertz CT molecular complexity index is 912. The summed E-state index contributed by atoms with van der Waals surface area (Å²) in [5.41, 5.74) is 3.62. The lowest BCUT2D eigenvalue weighted by Crippen LogP contribution is -2.22. The molecule has 25 heavy (non-hydrogen) atoms. The molecule has 126 valence electrons. The van der Waals surface area contributed by atoms with Crippen molar-refractivity contribution in [2.45, 2.75) is 20.8 Å². The highest BCUT2D eigenvalue weighted by Gasteiger charge is 2.27. The monoisotopic (exact) mass is 334 g/mol. The average Bonchev–Trinajstić information content (AvgIpc) is 2.96. The van der Waals surface area contributed by atoms with Gasteiger partial charge >= 0.3 is 0 Å². The van der Waals surface area contributed by atoms with E-state index in [0.29, 0.717) is 23.6 Å². The number of nitriles is 1. The second kappa shape index (κ2) is 6.61. The van der Waals surface area contributed by atoms with Crippen LogP contribution in [0.5, 0.6) is 0 Å². The Hall–Kier alpha value is -3.40. The fourth-order valence-corrected chi connectivity index (χ4v) is 2.79. The number of nitrogens with one attached hydrogen (secondary N) is 2. The fourth-order valence-electron chi connectivity index (χ4n) is 2.79. The number of fused-ring (bicyclic) bond motifs is 1. The number of hydrogen-bond acceptors (Lipinski definition) is 6. The molecule has 7 nitrogen and oxygen atoms in total. The quantitative estimate of drug-likeness (QED) is 0.838. The van der Waals surface area contributed by atoms with Crippen LogP contribution in [-0.4, -0.2) is 22.4 Å². The zero-order valence-corrected chi connectivity index (χ0v) is 14.3. The van der Waals surface area contributed by atoms with Gasteiger partial charge in [-0.25, -0.2) is 9.97 Å².